The van der Waals surface area contributed by atoms with Gasteiger partial charge in [0.2, 0.25) is 0 Å². The Kier molecular flexibility index (Phi) is 3.32. The fraction of sp³-hybridized carbons (Fsp3) is 0.0556. The second-order valence-corrected chi connectivity index (χ2v) is 5.04. The van der Waals surface area contributed by atoms with E-state index in [1.54, 1.807) is 0 Å². The molecular weight excluding hydrogens is 260 g/mol. The Morgan fingerprint density at radius 3 is 2.38 bits per heavy atom. The first-order chi connectivity index (χ1) is 10.1. The van der Waals surface area contributed by atoms with Gasteiger partial charge < -0.3 is 0 Å². The van der Waals surface area contributed by atoms with Gasteiger partial charge in [-0.25, -0.2) is 4.68 Å². The van der Waals surface area contributed by atoms with E-state index in [4.69, 9.17) is 0 Å². The number of hydrogen-bond donors (Lipinski definition) is 1. The van der Waals surface area contributed by atoms with Crippen molar-refractivity contribution in [3.8, 4) is 5.69 Å². The lowest BCUT2D eigenvalue weighted by molar-refractivity contribution is 0.838. The Balaban J connectivity index is 2.17. The van der Waals surface area contributed by atoms with Gasteiger partial charge in [-0.1, -0.05) is 54.6 Å². The van der Waals surface area contributed by atoms with E-state index in [0.717, 1.165) is 11.3 Å². The van der Waals surface area contributed by atoms with Crippen LogP contribution in [0.25, 0.3) is 18.3 Å². The van der Waals surface area contributed by atoms with E-state index >= 15 is 0 Å². The summed E-state index contributed by atoms with van der Waals surface area (Å²) in [6.07, 6.45) is 1.86. The van der Waals surface area contributed by atoms with Gasteiger partial charge in [0.25, 0.3) is 5.56 Å². The largest absolute Gasteiger partial charge is 0.291 e. The summed E-state index contributed by atoms with van der Waals surface area (Å²) in [6.45, 7) is 5.97. The van der Waals surface area contributed by atoms with Crippen molar-refractivity contribution in [2.45, 2.75) is 6.92 Å². The van der Waals surface area contributed by atoms with E-state index in [9.17, 15) is 4.79 Å². The number of hydrogen-bond acceptors (Lipinski definition) is 1. The summed E-state index contributed by atoms with van der Waals surface area (Å²) >= 11 is 0. The maximum atomic E-state index is 12.5. The lowest BCUT2D eigenvalue weighted by atomic mass is 10.1. The molecule has 0 saturated carbocycles. The minimum Gasteiger partial charge on any atom is -0.291 e. The number of nitrogens with zero attached hydrogens (tertiary/aromatic N) is 1. The van der Waals surface area contributed by atoms with Gasteiger partial charge in [-0.15, -0.1) is 0 Å². The van der Waals surface area contributed by atoms with Gasteiger partial charge in [-0.2, -0.15) is 0 Å². The SMILES string of the molecule is C=c1[nH]n(-c2ccccc2)c(=O)/c1=C/c1ccc(C)cc1. The lowest BCUT2D eigenvalue weighted by Crippen LogP contribution is -2.33. The second kappa shape index (κ2) is 5.29. The van der Waals surface area contributed by atoms with Crippen molar-refractivity contribution in [1.82, 2.24) is 9.78 Å². The van der Waals surface area contributed by atoms with Crippen molar-refractivity contribution in [3.63, 3.8) is 0 Å². The fourth-order valence-corrected chi connectivity index (χ4v) is 2.23. The second-order valence-electron chi connectivity index (χ2n) is 5.04. The zero-order valence-corrected chi connectivity index (χ0v) is 11.8. The summed E-state index contributed by atoms with van der Waals surface area (Å²) in [4.78, 5) is 12.5. The van der Waals surface area contributed by atoms with Crippen molar-refractivity contribution in [3.05, 3.63) is 86.6 Å². The molecule has 21 heavy (non-hydrogen) atoms. The molecule has 0 bridgehead atoms. The number of para-hydroxylation sites is 1. The molecule has 1 N–H and O–H groups in total. The average Bonchev–Trinajstić information content (AvgIpc) is 2.78. The van der Waals surface area contributed by atoms with Crippen LogP contribution in [0.2, 0.25) is 0 Å². The van der Waals surface area contributed by atoms with Crippen LogP contribution in [0.15, 0.2) is 59.4 Å². The quantitative estimate of drug-likeness (QED) is 0.760. The summed E-state index contributed by atoms with van der Waals surface area (Å²) in [6, 6.07) is 17.5. The molecule has 0 saturated heterocycles. The highest BCUT2D eigenvalue weighted by molar-refractivity contribution is 5.50. The van der Waals surface area contributed by atoms with Crippen molar-refractivity contribution < 1.29 is 0 Å². The Hall–Kier alpha value is -2.81. The monoisotopic (exact) mass is 276 g/mol. The fourth-order valence-electron chi connectivity index (χ4n) is 2.23. The minimum absolute atomic E-state index is 0.0909. The summed E-state index contributed by atoms with van der Waals surface area (Å²) in [5.74, 6) is 0. The third-order valence-corrected chi connectivity index (χ3v) is 3.41. The van der Waals surface area contributed by atoms with Gasteiger partial charge in [0.15, 0.2) is 0 Å². The first-order valence-electron chi connectivity index (χ1n) is 6.79. The Morgan fingerprint density at radius 1 is 1.05 bits per heavy atom. The number of aromatic nitrogens is 2. The van der Waals surface area contributed by atoms with Gasteiger partial charge >= 0.3 is 0 Å². The number of H-pyrrole nitrogens is 1. The molecule has 3 aromatic rings. The minimum atomic E-state index is -0.0909. The number of aromatic amines is 1. The standard InChI is InChI=1S/C18H16N2O/c1-13-8-10-15(11-9-13)12-17-14(2)19-20(18(17)21)16-6-4-3-5-7-16/h3-12,19H,2H2,1H3/b17-12+. The third-order valence-electron chi connectivity index (χ3n) is 3.41. The molecule has 3 rings (SSSR count). The van der Waals surface area contributed by atoms with Crippen LogP contribution in [0, 0.1) is 6.92 Å². The van der Waals surface area contributed by atoms with Crippen molar-refractivity contribution in [1.29, 1.82) is 0 Å². The lowest BCUT2D eigenvalue weighted by Gasteiger charge is -1.98. The number of rotatable bonds is 2. The van der Waals surface area contributed by atoms with Crippen molar-refractivity contribution in [2.75, 3.05) is 0 Å². The topological polar surface area (TPSA) is 37.8 Å². The van der Waals surface area contributed by atoms with Crippen LogP contribution in [0.4, 0.5) is 0 Å². The van der Waals surface area contributed by atoms with E-state index in [1.807, 2.05) is 67.6 Å². The van der Waals surface area contributed by atoms with Crippen LogP contribution in [-0.4, -0.2) is 9.78 Å². The maximum absolute atomic E-state index is 12.5. The van der Waals surface area contributed by atoms with Gasteiger partial charge in [0, 0.05) is 0 Å². The predicted molar refractivity (Wildman–Crippen MR) is 85.9 cm³/mol. The van der Waals surface area contributed by atoms with Crippen LogP contribution >= 0.6 is 0 Å². The zero-order valence-electron chi connectivity index (χ0n) is 11.8. The molecule has 0 radical (unpaired) electrons. The van der Waals surface area contributed by atoms with E-state index in [0.29, 0.717) is 10.6 Å². The molecule has 0 aliphatic carbocycles. The first kappa shape index (κ1) is 13.2. The molecule has 0 amide bonds. The molecule has 0 spiro atoms. The Morgan fingerprint density at radius 2 is 1.71 bits per heavy atom. The van der Waals surface area contributed by atoms with Gasteiger partial charge in [0.1, 0.15) is 0 Å². The molecule has 0 aliphatic rings. The van der Waals surface area contributed by atoms with Crippen LogP contribution in [0.5, 0.6) is 0 Å². The third kappa shape index (κ3) is 2.58. The Bertz CT molecular complexity index is 916. The van der Waals surface area contributed by atoms with E-state index < -0.39 is 0 Å². The highest BCUT2D eigenvalue weighted by Crippen LogP contribution is 2.03. The van der Waals surface area contributed by atoms with Crippen LogP contribution in [0.3, 0.4) is 0 Å². The van der Waals surface area contributed by atoms with E-state index in [2.05, 4.69) is 11.7 Å². The summed E-state index contributed by atoms with van der Waals surface area (Å²) in [5, 5.41) is 4.22. The van der Waals surface area contributed by atoms with Crippen molar-refractivity contribution >= 4 is 12.7 Å². The molecule has 104 valence electrons. The molecule has 1 aromatic heterocycles. The van der Waals surface area contributed by atoms with Gasteiger partial charge in [0.05, 0.1) is 16.3 Å². The predicted octanol–water partition coefficient (Wildman–Crippen LogP) is 1.71. The summed E-state index contributed by atoms with van der Waals surface area (Å²) in [5.41, 5.74) is 2.89. The molecular formula is C18H16N2O. The average molecular weight is 276 g/mol. The molecule has 2 aromatic carbocycles. The molecule has 0 aliphatic heterocycles. The number of nitrogens with one attached hydrogen (secondary N) is 1. The van der Waals surface area contributed by atoms with Crippen LogP contribution in [-0.2, 0) is 0 Å². The van der Waals surface area contributed by atoms with Crippen LogP contribution < -0.4 is 16.1 Å². The van der Waals surface area contributed by atoms with Gasteiger partial charge in [-0.3, -0.25) is 9.89 Å². The molecule has 0 atom stereocenters. The van der Waals surface area contributed by atoms with Crippen molar-refractivity contribution in [2.24, 2.45) is 0 Å². The normalized spacial score (nSPS) is 11.8. The molecule has 3 heteroatoms. The highest BCUT2D eigenvalue weighted by Gasteiger charge is 2.03. The molecule has 3 nitrogen and oxygen atoms in total. The molecule has 1 heterocycles. The highest BCUT2D eigenvalue weighted by atomic mass is 16.1. The smallest absolute Gasteiger partial charge is 0.279 e. The number of benzene rings is 2. The molecule has 0 fully saturated rings. The summed E-state index contributed by atoms with van der Waals surface area (Å²) in [7, 11) is 0. The van der Waals surface area contributed by atoms with E-state index in [-0.39, 0.29) is 5.56 Å². The summed E-state index contributed by atoms with van der Waals surface area (Å²) < 4.78 is 1.52. The maximum Gasteiger partial charge on any atom is 0.279 e. The first-order valence-corrected chi connectivity index (χ1v) is 6.79. The van der Waals surface area contributed by atoms with Crippen LogP contribution in [0.1, 0.15) is 11.1 Å². The number of aryl methyl sites for hydroxylation is 1. The molecule has 0 unspecified atom stereocenters. The zero-order chi connectivity index (χ0) is 14.8. The Labute approximate surface area is 122 Å². The van der Waals surface area contributed by atoms with Gasteiger partial charge in [-0.05, 0) is 30.7 Å². The van der Waals surface area contributed by atoms with E-state index in [1.165, 1.54) is 10.2 Å².